The van der Waals surface area contributed by atoms with E-state index in [1.165, 1.54) is 0 Å². The Morgan fingerprint density at radius 1 is 1.04 bits per heavy atom. The fourth-order valence-corrected chi connectivity index (χ4v) is 3.12. The lowest BCUT2D eigenvalue weighted by Gasteiger charge is -2.37. The molecule has 3 rings (SSSR count). The maximum Gasteiger partial charge on any atom is 0.417 e. The minimum absolute atomic E-state index is 0.0237. The number of hydrogen-bond donors (Lipinski definition) is 1. The predicted molar refractivity (Wildman–Crippen MR) is 93.0 cm³/mol. The van der Waals surface area contributed by atoms with Crippen LogP contribution in [-0.2, 0) is 12.7 Å². The first-order valence-electron chi connectivity index (χ1n) is 7.90. The summed E-state index contributed by atoms with van der Waals surface area (Å²) in [6, 6.07) is 8.98. The molecule has 1 aliphatic heterocycles. The Balaban J connectivity index is 1.67. The number of halogens is 4. The molecule has 0 radical (unpaired) electrons. The number of pyridine rings is 1. The lowest BCUT2D eigenvalue weighted by molar-refractivity contribution is -0.137. The zero-order valence-corrected chi connectivity index (χ0v) is 14.2. The molecular formula is C17H18ClF3N4. The van der Waals surface area contributed by atoms with E-state index in [4.69, 9.17) is 17.3 Å². The lowest BCUT2D eigenvalue weighted by Crippen LogP contribution is -2.47. The van der Waals surface area contributed by atoms with Gasteiger partial charge in [0.2, 0.25) is 0 Å². The first-order valence-corrected chi connectivity index (χ1v) is 8.28. The first-order chi connectivity index (χ1) is 11.9. The van der Waals surface area contributed by atoms with E-state index in [9.17, 15) is 13.2 Å². The van der Waals surface area contributed by atoms with Crippen molar-refractivity contribution in [3.8, 4) is 0 Å². The molecule has 0 bridgehead atoms. The number of aromatic nitrogens is 1. The number of piperazine rings is 1. The summed E-state index contributed by atoms with van der Waals surface area (Å²) in [7, 11) is 0. The van der Waals surface area contributed by atoms with E-state index in [0.29, 0.717) is 25.5 Å². The van der Waals surface area contributed by atoms with E-state index in [0.717, 1.165) is 36.6 Å². The fraction of sp³-hybridized carbons (Fsp3) is 0.353. The summed E-state index contributed by atoms with van der Waals surface area (Å²) in [5, 5.41) is 0.0237. The highest BCUT2D eigenvalue weighted by Crippen LogP contribution is 2.34. The molecule has 0 saturated carbocycles. The molecule has 1 aliphatic rings. The second-order valence-corrected chi connectivity index (χ2v) is 6.28. The molecule has 4 nitrogen and oxygen atoms in total. The average Bonchev–Trinajstić information content (AvgIpc) is 2.61. The third kappa shape index (κ3) is 3.99. The molecule has 1 fully saturated rings. The van der Waals surface area contributed by atoms with Crippen LogP contribution in [-0.4, -0.2) is 31.2 Å². The van der Waals surface area contributed by atoms with Crippen LogP contribution in [0.2, 0.25) is 5.02 Å². The van der Waals surface area contributed by atoms with E-state index >= 15 is 0 Å². The lowest BCUT2D eigenvalue weighted by atomic mass is 10.2. The van der Waals surface area contributed by atoms with Crippen molar-refractivity contribution in [2.75, 3.05) is 36.0 Å². The minimum atomic E-state index is -4.44. The second kappa shape index (κ2) is 7.09. The van der Waals surface area contributed by atoms with Crippen molar-refractivity contribution in [3.63, 3.8) is 0 Å². The molecule has 1 saturated heterocycles. The van der Waals surface area contributed by atoms with Crippen molar-refractivity contribution in [1.82, 2.24) is 4.98 Å². The monoisotopic (exact) mass is 370 g/mol. The van der Waals surface area contributed by atoms with Crippen LogP contribution in [0.5, 0.6) is 0 Å². The van der Waals surface area contributed by atoms with Crippen LogP contribution in [0.3, 0.4) is 0 Å². The summed E-state index contributed by atoms with van der Waals surface area (Å²) in [4.78, 5) is 8.06. The molecule has 0 unspecified atom stereocenters. The van der Waals surface area contributed by atoms with E-state index in [-0.39, 0.29) is 5.02 Å². The molecule has 1 aromatic carbocycles. The zero-order valence-electron chi connectivity index (χ0n) is 13.4. The van der Waals surface area contributed by atoms with Crippen LogP contribution in [0.4, 0.5) is 24.7 Å². The molecule has 134 valence electrons. The third-order valence-electron chi connectivity index (χ3n) is 4.27. The summed E-state index contributed by atoms with van der Waals surface area (Å²) in [5.74, 6) is 0.396. The normalized spacial score (nSPS) is 15.6. The number of benzene rings is 1. The molecular weight excluding hydrogens is 353 g/mol. The highest BCUT2D eigenvalue weighted by molar-refractivity contribution is 6.33. The van der Waals surface area contributed by atoms with E-state index < -0.39 is 11.7 Å². The van der Waals surface area contributed by atoms with E-state index in [1.54, 1.807) is 0 Å². The highest BCUT2D eigenvalue weighted by atomic mass is 35.5. The second-order valence-electron chi connectivity index (χ2n) is 5.87. The van der Waals surface area contributed by atoms with Gasteiger partial charge in [0.05, 0.1) is 10.6 Å². The average molecular weight is 371 g/mol. The molecule has 2 aromatic rings. The van der Waals surface area contributed by atoms with Crippen LogP contribution in [0.1, 0.15) is 11.1 Å². The van der Waals surface area contributed by atoms with Gasteiger partial charge in [-0.2, -0.15) is 13.2 Å². The quantitative estimate of drug-likeness (QED) is 0.897. The van der Waals surface area contributed by atoms with Gasteiger partial charge in [0.15, 0.2) is 0 Å². The van der Waals surface area contributed by atoms with Gasteiger partial charge in [-0.3, -0.25) is 0 Å². The van der Waals surface area contributed by atoms with Crippen molar-refractivity contribution in [1.29, 1.82) is 0 Å². The Morgan fingerprint density at radius 2 is 1.64 bits per heavy atom. The van der Waals surface area contributed by atoms with Gasteiger partial charge in [-0.25, -0.2) is 4.98 Å². The Kier molecular flexibility index (Phi) is 5.06. The maximum atomic E-state index is 12.7. The van der Waals surface area contributed by atoms with E-state index in [2.05, 4.69) is 9.88 Å². The van der Waals surface area contributed by atoms with E-state index in [1.807, 2.05) is 29.2 Å². The largest absolute Gasteiger partial charge is 0.417 e. The number of hydrogen-bond acceptors (Lipinski definition) is 4. The Labute approximate surface area is 149 Å². The van der Waals surface area contributed by atoms with Gasteiger partial charge >= 0.3 is 6.18 Å². The van der Waals surface area contributed by atoms with Gasteiger partial charge in [-0.05, 0) is 23.8 Å². The molecule has 1 aromatic heterocycles. The SMILES string of the molecule is NCc1ccc(N2CCN(c3ncc(C(F)(F)F)cc3Cl)CC2)cc1. The maximum absolute atomic E-state index is 12.7. The fourth-order valence-electron chi connectivity index (χ4n) is 2.84. The van der Waals surface area contributed by atoms with Crippen LogP contribution >= 0.6 is 11.6 Å². The van der Waals surface area contributed by atoms with Crippen LogP contribution < -0.4 is 15.5 Å². The van der Waals surface area contributed by atoms with Gasteiger partial charge in [0.1, 0.15) is 5.82 Å². The third-order valence-corrected chi connectivity index (χ3v) is 4.54. The van der Waals surface area contributed by atoms with Crippen molar-refractivity contribution in [2.24, 2.45) is 5.73 Å². The number of rotatable bonds is 3. The van der Waals surface area contributed by atoms with Crippen LogP contribution in [0, 0.1) is 0 Å². The molecule has 0 atom stereocenters. The molecule has 0 spiro atoms. The molecule has 0 aliphatic carbocycles. The smallest absolute Gasteiger partial charge is 0.368 e. The van der Waals surface area contributed by atoms with Crippen molar-refractivity contribution in [2.45, 2.75) is 12.7 Å². The van der Waals surface area contributed by atoms with Crippen molar-refractivity contribution < 1.29 is 13.2 Å². The Hall–Kier alpha value is -1.99. The summed E-state index contributed by atoms with van der Waals surface area (Å²) < 4.78 is 38.1. The van der Waals surface area contributed by atoms with Gasteiger partial charge in [0.25, 0.3) is 0 Å². The summed E-state index contributed by atoms with van der Waals surface area (Å²) in [6.45, 7) is 3.25. The van der Waals surface area contributed by atoms with Gasteiger partial charge < -0.3 is 15.5 Å². The Morgan fingerprint density at radius 3 is 2.16 bits per heavy atom. The molecule has 2 heterocycles. The highest BCUT2D eigenvalue weighted by Gasteiger charge is 2.32. The van der Waals surface area contributed by atoms with Crippen LogP contribution in [0.25, 0.3) is 0 Å². The molecule has 25 heavy (non-hydrogen) atoms. The molecule has 2 N–H and O–H groups in total. The number of alkyl halides is 3. The number of anilines is 2. The summed E-state index contributed by atoms with van der Waals surface area (Å²) in [6.07, 6.45) is -3.61. The van der Waals surface area contributed by atoms with Crippen molar-refractivity contribution >= 4 is 23.1 Å². The summed E-state index contributed by atoms with van der Waals surface area (Å²) in [5.41, 5.74) is 6.94. The zero-order chi connectivity index (χ0) is 18.0. The van der Waals surface area contributed by atoms with Gasteiger partial charge in [-0.15, -0.1) is 0 Å². The molecule has 0 amide bonds. The summed E-state index contributed by atoms with van der Waals surface area (Å²) >= 11 is 6.03. The Bertz CT molecular complexity index is 726. The van der Waals surface area contributed by atoms with Gasteiger partial charge in [-0.1, -0.05) is 23.7 Å². The predicted octanol–water partition coefficient (Wildman–Crippen LogP) is 3.54. The number of nitrogens with zero attached hydrogens (tertiary/aromatic N) is 3. The van der Waals surface area contributed by atoms with Crippen LogP contribution in [0.15, 0.2) is 36.5 Å². The standard InChI is InChI=1S/C17H18ClF3N4/c18-15-9-13(17(19,20)21)11-23-16(15)25-7-5-24(6-8-25)14-3-1-12(10-22)2-4-14/h1-4,9,11H,5-8,10,22H2. The first kappa shape index (κ1) is 17.8. The minimum Gasteiger partial charge on any atom is -0.368 e. The number of nitrogens with two attached hydrogens (primary N) is 1. The molecule has 8 heteroatoms. The van der Waals surface area contributed by atoms with Crippen molar-refractivity contribution in [3.05, 3.63) is 52.7 Å². The van der Waals surface area contributed by atoms with Gasteiger partial charge in [0, 0.05) is 44.6 Å². The topological polar surface area (TPSA) is 45.4 Å².